The molecule has 122 valence electrons. The second kappa shape index (κ2) is 6.09. The summed E-state index contributed by atoms with van der Waals surface area (Å²) < 4.78 is 0. The molecule has 1 saturated carbocycles. The van der Waals surface area contributed by atoms with Crippen molar-refractivity contribution in [2.24, 2.45) is 17.8 Å². The second-order valence-corrected chi connectivity index (χ2v) is 7.65. The minimum absolute atomic E-state index is 0.0215. The lowest BCUT2D eigenvalue weighted by molar-refractivity contribution is 0.321. The molecule has 0 N–H and O–H groups in total. The minimum Gasteiger partial charge on any atom is -0.0839 e. The van der Waals surface area contributed by atoms with Gasteiger partial charge in [0.2, 0.25) is 0 Å². The molecule has 0 nitrogen and oxygen atoms in total. The molecule has 2 aromatic carbocycles. The third kappa shape index (κ3) is 2.36. The van der Waals surface area contributed by atoms with E-state index in [1.165, 1.54) is 24.0 Å². The molecule has 24 heavy (non-hydrogen) atoms. The lowest BCUT2D eigenvalue weighted by Crippen LogP contribution is -2.36. The van der Waals surface area contributed by atoms with E-state index in [1.807, 2.05) is 0 Å². The van der Waals surface area contributed by atoms with Crippen LogP contribution in [-0.4, -0.2) is 0 Å². The molecule has 0 spiro atoms. The third-order valence-electron chi connectivity index (χ3n) is 6.27. The highest BCUT2D eigenvalue weighted by Crippen LogP contribution is 2.55. The van der Waals surface area contributed by atoms with Crippen molar-refractivity contribution in [1.82, 2.24) is 0 Å². The van der Waals surface area contributed by atoms with Crippen molar-refractivity contribution in [1.29, 1.82) is 0 Å². The predicted octanol–water partition coefficient (Wildman–Crippen LogP) is 6.15. The van der Waals surface area contributed by atoms with Gasteiger partial charge >= 0.3 is 0 Å². The van der Waals surface area contributed by atoms with Crippen molar-refractivity contribution in [3.63, 3.8) is 0 Å². The molecule has 0 saturated heterocycles. The van der Waals surface area contributed by atoms with Gasteiger partial charge in [0.1, 0.15) is 0 Å². The molecule has 2 aliphatic carbocycles. The highest BCUT2D eigenvalue weighted by Gasteiger charge is 2.48. The van der Waals surface area contributed by atoms with Gasteiger partial charge in [-0.3, -0.25) is 0 Å². The Morgan fingerprint density at radius 3 is 2.04 bits per heavy atom. The molecule has 4 rings (SSSR count). The van der Waals surface area contributed by atoms with Crippen LogP contribution in [0.25, 0.3) is 0 Å². The quantitative estimate of drug-likeness (QED) is 0.637. The first-order chi connectivity index (χ1) is 11.7. The molecule has 3 unspecified atom stereocenters. The molecular weight excluding hydrogens is 288 g/mol. The van der Waals surface area contributed by atoms with E-state index in [1.54, 1.807) is 5.57 Å². The fourth-order valence-electron chi connectivity index (χ4n) is 5.19. The van der Waals surface area contributed by atoms with Gasteiger partial charge in [-0.1, -0.05) is 98.3 Å². The van der Waals surface area contributed by atoms with Crippen LogP contribution in [0.2, 0.25) is 0 Å². The largest absolute Gasteiger partial charge is 0.0839 e. The van der Waals surface area contributed by atoms with E-state index in [0.29, 0.717) is 11.8 Å². The van der Waals surface area contributed by atoms with Crippen LogP contribution in [0.1, 0.15) is 37.8 Å². The third-order valence-corrected chi connectivity index (χ3v) is 6.27. The van der Waals surface area contributed by atoms with Gasteiger partial charge in [0, 0.05) is 5.41 Å². The van der Waals surface area contributed by atoms with E-state index in [-0.39, 0.29) is 5.41 Å². The van der Waals surface area contributed by atoms with Crippen LogP contribution >= 0.6 is 0 Å². The van der Waals surface area contributed by atoms with Gasteiger partial charge in [0.15, 0.2) is 0 Å². The second-order valence-electron chi connectivity index (χ2n) is 7.65. The van der Waals surface area contributed by atoms with Crippen molar-refractivity contribution >= 4 is 0 Å². The van der Waals surface area contributed by atoms with E-state index >= 15 is 0 Å². The van der Waals surface area contributed by atoms with Crippen molar-refractivity contribution in [3.05, 3.63) is 95.6 Å². The summed E-state index contributed by atoms with van der Waals surface area (Å²) >= 11 is 0. The zero-order chi connectivity index (χ0) is 16.6. The minimum atomic E-state index is 0.0215. The maximum atomic E-state index is 2.46. The summed E-state index contributed by atoms with van der Waals surface area (Å²) in [6, 6.07) is 22.2. The highest BCUT2D eigenvalue weighted by molar-refractivity contribution is 5.45. The fraction of sp³-hybridized carbons (Fsp3) is 0.333. The number of hydrogen-bond donors (Lipinski definition) is 0. The summed E-state index contributed by atoms with van der Waals surface area (Å²) in [6.45, 7) is 4.91. The monoisotopic (exact) mass is 314 g/mol. The van der Waals surface area contributed by atoms with Crippen LogP contribution < -0.4 is 0 Å². The maximum absolute atomic E-state index is 2.46. The van der Waals surface area contributed by atoms with Crippen LogP contribution in [-0.2, 0) is 5.41 Å². The van der Waals surface area contributed by atoms with E-state index in [9.17, 15) is 0 Å². The van der Waals surface area contributed by atoms with E-state index in [4.69, 9.17) is 0 Å². The molecule has 0 heterocycles. The Morgan fingerprint density at radius 2 is 1.46 bits per heavy atom. The summed E-state index contributed by atoms with van der Waals surface area (Å²) in [4.78, 5) is 0. The maximum Gasteiger partial charge on any atom is 0.0242 e. The first kappa shape index (κ1) is 15.4. The normalized spacial score (nSPS) is 26.1. The van der Waals surface area contributed by atoms with Crippen LogP contribution in [0.5, 0.6) is 0 Å². The predicted molar refractivity (Wildman–Crippen MR) is 102 cm³/mol. The number of fused-ring (bicyclic) bond motifs is 1. The number of rotatable bonds is 3. The fourth-order valence-corrected chi connectivity index (χ4v) is 5.19. The Balaban J connectivity index is 1.91. The smallest absolute Gasteiger partial charge is 0.0242 e. The molecule has 2 aromatic rings. The van der Waals surface area contributed by atoms with E-state index < -0.39 is 0 Å². The van der Waals surface area contributed by atoms with Gasteiger partial charge in [0.05, 0.1) is 0 Å². The molecule has 3 atom stereocenters. The molecule has 0 heteroatoms. The van der Waals surface area contributed by atoms with Crippen molar-refractivity contribution < 1.29 is 0 Å². The van der Waals surface area contributed by atoms with Crippen LogP contribution in [0.15, 0.2) is 84.5 Å². The van der Waals surface area contributed by atoms with E-state index in [0.717, 1.165) is 5.92 Å². The molecule has 0 radical (unpaired) electrons. The summed E-state index contributed by atoms with van der Waals surface area (Å²) in [6.07, 6.45) is 9.55. The van der Waals surface area contributed by atoms with Gasteiger partial charge in [-0.25, -0.2) is 0 Å². The number of benzene rings is 2. The van der Waals surface area contributed by atoms with Crippen molar-refractivity contribution in [2.45, 2.75) is 32.1 Å². The Labute approximate surface area is 145 Å². The van der Waals surface area contributed by atoms with Gasteiger partial charge in [0.25, 0.3) is 0 Å². The van der Waals surface area contributed by atoms with Crippen LogP contribution in [0, 0.1) is 17.8 Å². The first-order valence-electron chi connectivity index (χ1n) is 9.19. The Hall–Kier alpha value is -2.08. The Morgan fingerprint density at radius 1 is 0.875 bits per heavy atom. The summed E-state index contributed by atoms with van der Waals surface area (Å²) in [7, 11) is 0. The lowest BCUT2D eigenvalue weighted by Gasteiger charge is -2.41. The van der Waals surface area contributed by atoms with Gasteiger partial charge < -0.3 is 0 Å². The Kier molecular flexibility index (Phi) is 3.92. The first-order valence-corrected chi connectivity index (χ1v) is 9.19. The zero-order valence-electron chi connectivity index (χ0n) is 14.7. The summed E-state index contributed by atoms with van der Waals surface area (Å²) in [5, 5.41) is 0. The molecular formula is C24H26. The van der Waals surface area contributed by atoms with Gasteiger partial charge in [-0.05, 0) is 41.7 Å². The average Bonchev–Trinajstić information content (AvgIpc) is 2.99. The topological polar surface area (TPSA) is 0 Å². The van der Waals surface area contributed by atoms with Gasteiger partial charge in [-0.15, -0.1) is 0 Å². The van der Waals surface area contributed by atoms with Crippen molar-refractivity contribution in [2.75, 3.05) is 0 Å². The summed E-state index contributed by atoms with van der Waals surface area (Å²) in [5.74, 6) is 2.01. The lowest BCUT2D eigenvalue weighted by atomic mass is 9.62. The molecule has 0 amide bonds. The summed E-state index contributed by atoms with van der Waals surface area (Å²) in [5.41, 5.74) is 4.56. The average molecular weight is 314 g/mol. The molecule has 2 aliphatic rings. The van der Waals surface area contributed by atoms with Crippen molar-refractivity contribution in [3.8, 4) is 0 Å². The SMILES string of the molecule is CC1CC2CC=CC=C2C1C(C)(c1ccccc1)c1ccccc1. The highest BCUT2D eigenvalue weighted by atomic mass is 14.5. The standard InChI is InChI=1S/C24H26/c1-18-17-19-11-9-10-16-22(19)23(18)24(2,20-12-5-3-6-13-20)21-14-7-4-8-15-21/h3-10,12-16,18-19,23H,11,17H2,1-2H3. The van der Waals surface area contributed by atoms with Crippen LogP contribution in [0.3, 0.4) is 0 Å². The Bertz CT molecular complexity index is 712. The molecule has 0 aromatic heterocycles. The van der Waals surface area contributed by atoms with Gasteiger partial charge in [-0.2, -0.15) is 0 Å². The zero-order valence-corrected chi connectivity index (χ0v) is 14.7. The molecule has 0 aliphatic heterocycles. The number of allylic oxidation sites excluding steroid dienone is 4. The van der Waals surface area contributed by atoms with E-state index in [2.05, 4.69) is 92.7 Å². The number of hydrogen-bond acceptors (Lipinski definition) is 0. The molecule has 1 fully saturated rings. The molecule has 0 bridgehead atoms. The van der Waals surface area contributed by atoms with Crippen LogP contribution in [0.4, 0.5) is 0 Å².